The van der Waals surface area contributed by atoms with Gasteiger partial charge in [0.25, 0.3) is 0 Å². The Balaban J connectivity index is 1.67. The molecule has 148 valence electrons. The average molecular weight is 384 g/mol. The van der Waals surface area contributed by atoms with E-state index in [2.05, 4.69) is 0 Å². The molecule has 6 nitrogen and oxygen atoms in total. The molecular weight excluding hydrogens is 360 g/mol. The van der Waals surface area contributed by atoms with E-state index in [0.717, 1.165) is 11.1 Å². The van der Waals surface area contributed by atoms with Gasteiger partial charge in [0, 0.05) is 12.8 Å². The number of carbonyl (C=O) groups excluding carboxylic acids is 1. The molecule has 6 heteroatoms. The summed E-state index contributed by atoms with van der Waals surface area (Å²) in [5.74, 6) is -0.212. The van der Waals surface area contributed by atoms with Gasteiger partial charge in [-0.15, -0.1) is 0 Å². The lowest BCUT2D eigenvalue weighted by atomic mass is 9.96. The highest BCUT2D eigenvalue weighted by Crippen LogP contribution is 2.28. The van der Waals surface area contributed by atoms with E-state index in [1.165, 1.54) is 6.26 Å². The summed E-state index contributed by atoms with van der Waals surface area (Å²) in [5.41, 5.74) is 0.581. The molecule has 1 aliphatic heterocycles. The van der Waals surface area contributed by atoms with Gasteiger partial charge in [-0.3, -0.25) is 0 Å². The maximum absolute atomic E-state index is 12.6. The lowest BCUT2D eigenvalue weighted by Crippen LogP contribution is -2.42. The first kappa shape index (κ1) is 19.6. The summed E-state index contributed by atoms with van der Waals surface area (Å²) in [6, 6.07) is 16.4. The third-order valence-corrected chi connectivity index (χ3v) is 4.32. The molecule has 0 radical (unpaired) electrons. The Hall–Kier alpha value is -3.15. The van der Waals surface area contributed by atoms with Crippen molar-refractivity contribution in [2.45, 2.75) is 38.6 Å². The number of hydrogen-bond donors (Lipinski definition) is 1. The maximum Gasteiger partial charge on any atom is 0.350 e. The van der Waals surface area contributed by atoms with Crippen LogP contribution in [0.5, 0.6) is 5.75 Å². The highest BCUT2D eigenvalue weighted by Gasteiger charge is 2.40. The van der Waals surface area contributed by atoms with Crippen LogP contribution in [0, 0.1) is 0 Å². The molecule has 1 aliphatic rings. The summed E-state index contributed by atoms with van der Waals surface area (Å²) in [7, 11) is 0. The van der Waals surface area contributed by atoms with Crippen LogP contribution in [0.1, 0.15) is 25.0 Å². The molecule has 3 rings (SSSR count). The zero-order valence-corrected chi connectivity index (χ0v) is 16.0. The van der Waals surface area contributed by atoms with E-state index in [9.17, 15) is 9.90 Å². The van der Waals surface area contributed by atoms with E-state index in [1.807, 2.05) is 30.3 Å². The lowest BCUT2D eigenvalue weighted by molar-refractivity contribution is -0.174. The Morgan fingerprint density at radius 3 is 2.50 bits per heavy atom. The number of benzene rings is 2. The van der Waals surface area contributed by atoms with Crippen LogP contribution in [0.4, 0.5) is 0 Å². The zero-order valence-electron chi connectivity index (χ0n) is 16.0. The second-order valence-corrected chi connectivity index (χ2v) is 6.71. The van der Waals surface area contributed by atoms with Crippen LogP contribution in [-0.2, 0) is 36.6 Å². The number of phenolic OH excluding ortho intramolecular Hbond substituents is 1. The molecule has 2 atom stereocenters. The lowest BCUT2D eigenvalue weighted by Gasteiger charge is -2.28. The Bertz CT molecular complexity index is 815. The van der Waals surface area contributed by atoms with Crippen molar-refractivity contribution in [1.29, 1.82) is 0 Å². The fraction of sp³-hybridized carbons (Fsp3) is 0.318. The fourth-order valence-corrected chi connectivity index (χ4v) is 2.92. The monoisotopic (exact) mass is 384 g/mol. The Kier molecular flexibility index (Phi) is 6.09. The van der Waals surface area contributed by atoms with Crippen molar-refractivity contribution in [3.8, 4) is 5.75 Å². The van der Waals surface area contributed by atoms with Crippen molar-refractivity contribution in [3.63, 3.8) is 0 Å². The van der Waals surface area contributed by atoms with Crippen LogP contribution >= 0.6 is 0 Å². The van der Waals surface area contributed by atoms with Gasteiger partial charge >= 0.3 is 11.9 Å². The number of aromatic hydroxyl groups is 1. The summed E-state index contributed by atoms with van der Waals surface area (Å²) >= 11 is 0. The van der Waals surface area contributed by atoms with Crippen LogP contribution in [0.25, 0.3) is 0 Å². The molecule has 0 saturated heterocycles. The number of hydrogen-bond acceptors (Lipinski definition) is 6. The molecule has 0 fully saturated rings. The highest BCUT2D eigenvalue weighted by molar-refractivity contribution is 5.79. The molecule has 0 aromatic heterocycles. The minimum Gasteiger partial charge on any atom is -0.508 e. The molecule has 2 unspecified atom stereocenters. The molecule has 0 saturated carbocycles. The molecule has 2 aromatic rings. The normalized spacial score (nSPS) is 17.6. The predicted molar refractivity (Wildman–Crippen MR) is 102 cm³/mol. The fourth-order valence-electron chi connectivity index (χ4n) is 2.92. The number of carbonyl (C=O) groups is 1. The second kappa shape index (κ2) is 8.69. The van der Waals surface area contributed by atoms with Crippen molar-refractivity contribution in [1.82, 2.24) is 0 Å². The van der Waals surface area contributed by atoms with Crippen LogP contribution < -0.4 is 0 Å². The minimum atomic E-state index is -1.30. The largest absolute Gasteiger partial charge is 0.508 e. The van der Waals surface area contributed by atoms with Crippen molar-refractivity contribution in [3.05, 3.63) is 77.9 Å². The summed E-state index contributed by atoms with van der Waals surface area (Å²) in [4.78, 5) is 12.6. The van der Waals surface area contributed by atoms with Crippen LogP contribution in [0.15, 0.2) is 66.8 Å². The van der Waals surface area contributed by atoms with Gasteiger partial charge in [0.05, 0.1) is 6.61 Å². The molecule has 0 amide bonds. The molecule has 28 heavy (non-hydrogen) atoms. The molecule has 1 N–H and O–H groups in total. The second-order valence-electron chi connectivity index (χ2n) is 6.71. The van der Waals surface area contributed by atoms with Crippen molar-refractivity contribution in [2.75, 3.05) is 6.61 Å². The third-order valence-electron chi connectivity index (χ3n) is 4.32. The van der Waals surface area contributed by atoms with Gasteiger partial charge in [0.2, 0.25) is 11.9 Å². The Morgan fingerprint density at radius 1 is 1.11 bits per heavy atom. The first-order valence-corrected chi connectivity index (χ1v) is 9.19. The molecule has 1 heterocycles. The van der Waals surface area contributed by atoms with E-state index in [4.69, 9.17) is 18.9 Å². The summed E-state index contributed by atoms with van der Waals surface area (Å²) in [6.07, 6.45) is 1.66. The molecular formula is C22H24O6. The average Bonchev–Trinajstić information content (AvgIpc) is 3.11. The van der Waals surface area contributed by atoms with Gasteiger partial charge in [0.15, 0.2) is 6.26 Å². The highest BCUT2D eigenvalue weighted by atomic mass is 16.8. The smallest absolute Gasteiger partial charge is 0.350 e. The number of ether oxygens (including phenoxy) is 4. The van der Waals surface area contributed by atoms with Gasteiger partial charge in [-0.1, -0.05) is 42.5 Å². The maximum atomic E-state index is 12.6. The van der Waals surface area contributed by atoms with Gasteiger partial charge in [-0.05, 0) is 37.1 Å². The number of phenols is 1. The van der Waals surface area contributed by atoms with Crippen LogP contribution in [0.2, 0.25) is 0 Å². The van der Waals surface area contributed by atoms with Crippen LogP contribution in [-0.4, -0.2) is 29.6 Å². The van der Waals surface area contributed by atoms with Crippen molar-refractivity contribution in [2.24, 2.45) is 0 Å². The standard InChI is InChI=1S/C22H24O6/c1-3-25-21(24)22(2,14-17-9-11-18(23)12-10-17)28-20-15-26-19(27-20)13-16-7-5-4-6-8-16/h4-12,15,19,23H,3,13-14H2,1-2H3. The zero-order chi connectivity index (χ0) is 20.0. The molecule has 0 bridgehead atoms. The number of esters is 1. The van der Waals surface area contributed by atoms with E-state index in [0.29, 0.717) is 6.42 Å². The van der Waals surface area contributed by atoms with E-state index in [-0.39, 0.29) is 24.7 Å². The first-order valence-electron chi connectivity index (χ1n) is 9.19. The predicted octanol–water partition coefficient (Wildman–Crippen LogP) is 3.69. The first-order chi connectivity index (χ1) is 13.5. The third kappa shape index (κ3) is 4.97. The van der Waals surface area contributed by atoms with Crippen molar-refractivity contribution < 1.29 is 28.8 Å². The molecule has 0 spiro atoms. The van der Waals surface area contributed by atoms with Gasteiger partial charge in [-0.2, -0.15) is 0 Å². The quantitative estimate of drug-likeness (QED) is 0.700. The Morgan fingerprint density at radius 2 is 1.82 bits per heavy atom. The van der Waals surface area contributed by atoms with Crippen LogP contribution in [0.3, 0.4) is 0 Å². The number of rotatable bonds is 8. The summed E-state index contributed by atoms with van der Waals surface area (Å²) in [5, 5.41) is 9.46. The van der Waals surface area contributed by atoms with Gasteiger partial charge in [-0.25, -0.2) is 4.79 Å². The SMILES string of the molecule is CCOC(=O)C(C)(Cc1ccc(O)cc1)OC1=COC(Cc2ccccc2)O1. The van der Waals surface area contributed by atoms with E-state index < -0.39 is 17.9 Å². The van der Waals surface area contributed by atoms with Crippen molar-refractivity contribution >= 4 is 5.97 Å². The van der Waals surface area contributed by atoms with Gasteiger partial charge in [0.1, 0.15) is 5.75 Å². The minimum absolute atomic E-state index is 0.135. The topological polar surface area (TPSA) is 74.2 Å². The summed E-state index contributed by atoms with van der Waals surface area (Å²) in [6.45, 7) is 3.62. The summed E-state index contributed by atoms with van der Waals surface area (Å²) < 4.78 is 22.3. The molecule has 0 aliphatic carbocycles. The van der Waals surface area contributed by atoms with Gasteiger partial charge < -0.3 is 24.1 Å². The van der Waals surface area contributed by atoms with E-state index >= 15 is 0 Å². The Labute approximate surface area is 164 Å². The molecule has 2 aromatic carbocycles. The van der Waals surface area contributed by atoms with E-state index in [1.54, 1.807) is 38.1 Å².